The van der Waals surface area contributed by atoms with Gasteiger partial charge in [-0.1, -0.05) is 46.4 Å². The van der Waals surface area contributed by atoms with Crippen LogP contribution in [-0.4, -0.2) is 21.6 Å². The second-order valence-electron chi connectivity index (χ2n) is 1.24. The van der Waals surface area contributed by atoms with Gasteiger partial charge in [-0.05, 0) is 0 Å². The maximum atomic E-state index is 9.32. The molecule has 6 nitrogen and oxygen atoms in total. The van der Waals surface area contributed by atoms with E-state index in [0.29, 0.717) is 0 Å². The molecule has 0 aromatic carbocycles. The zero-order valence-corrected chi connectivity index (χ0v) is 14.6. The molecule has 110 valence electrons. The molecule has 0 aliphatic carbocycles. The molecule has 0 atom stereocenters. The summed E-state index contributed by atoms with van der Waals surface area (Å²) in [5, 5.41) is 18.6. The smallest absolute Gasteiger partial charge is 1.00 e. The SMILES string of the molecule is N.N.O=C([O-])C(Cl)Cl.O=C([O-])C(Cl)Cl.[Cl-].[Cl-].[Pt+4]. The first kappa shape index (κ1) is 42.9. The Hall–Kier alpha value is 1.29. The van der Waals surface area contributed by atoms with Gasteiger partial charge in [-0.25, -0.2) is 0 Å². The third-order valence-electron chi connectivity index (χ3n) is 0.356. The van der Waals surface area contributed by atoms with Crippen LogP contribution in [0.2, 0.25) is 0 Å². The Balaban J connectivity index is -0.0000000182. The normalized spacial score (nSPS) is 6.47. The molecule has 0 heterocycles. The zero-order chi connectivity index (χ0) is 10.3. The van der Waals surface area contributed by atoms with E-state index in [4.69, 9.17) is 46.4 Å². The average molecular weight is 556 g/mol. The molecule has 13 heteroatoms. The van der Waals surface area contributed by atoms with Crippen LogP contribution in [0.25, 0.3) is 0 Å². The van der Waals surface area contributed by atoms with Crippen molar-refractivity contribution in [1.29, 1.82) is 0 Å². The third kappa shape index (κ3) is 46.8. The van der Waals surface area contributed by atoms with Crippen LogP contribution in [-0.2, 0) is 30.7 Å². The molecule has 0 spiro atoms. The third-order valence-corrected chi connectivity index (χ3v) is 1.07. The van der Waals surface area contributed by atoms with Crippen molar-refractivity contribution in [2.24, 2.45) is 0 Å². The van der Waals surface area contributed by atoms with E-state index in [0.717, 1.165) is 0 Å². The molecule has 0 rings (SSSR count). The number of carbonyl (C=O) groups is 2. The Kier molecular flexibility index (Phi) is 65.5. The number of aliphatic carboxylic acids is 2. The minimum Gasteiger partial charge on any atom is -1.00 e. The van der Waals surface area contributed by atoms with Gasteiger partial charge in [0.25, 0.3) is 0 Å². The number of alkyl halides is 4. The van der Waals surface area contributed by atoms with Crippen molar-refractivity contribution in [3.8, 4) is 0 Å². The van der Waals surface area contributed by atoms with E-state index in [-0.39, 0.29) is 58.2 Å². The van der Waals surface area contributed by atoms with Crippen molar-refractivity contribution in [1.82, 2.24) is 12.3 Å². The van der Waals surface area contributed by atoms with Gasteiger partial charge in [-0.15, -0.1) is 0 Å². The predicted octanol–water partition coefficient (Wildman–Crippen LogP) is -6.59. The van der Waals surface area contributed by atoms with Crippen LogP contribution in [0.1, 0.15) is 0 Å². The number of hydrogen-bond donors (Lipinski definition) is 2. The maximum absolute atomic E-state index is 9.32. The van der Waals surface area contributed by atoms with E-state index in [1.54, 1.807) is 0 Å². The molecule has 17 heavy (non-hydrogen) atoms. The van der Waals surface area contributed by atoms with E-state index in [1.165, 1.54) is 0 Å². The molecule has 0 radical (unpaired) electrons. The van der Waals surface area contributed by atoms with Crippen molar-refractivity contribution < 1.29 is 65.7 Å². The number of carboxylic acid groups (broad SMARTS) is 2. The van der Waals surface area contributed by atoms with Gasteiger partial charge in [0, 0.05) is 0 Å². The van der Waals surface area contributed by atoms with Crippen molar-refractivity contribution in [2.75, 3.05) is 0 Å². The molecule has 0 unspecified atom stereocenters. The van der Waals surface area contributed by atoms with Crippen molar-refractivity contribution in [3.05, 3.63) is 0 Å². The molecule has 0 amide bonds. The van der Waals surface area contributed by atoms with Crippen LogP contribution in [0.15, 0.2) is 0 Å². The van der Waals surface area contributed by atoms with Crippen LogP contribution in [0, 0.1) is 0 Å². The summed E-state index contributed by atoms with van der Waals surface area (Å²) >= 11 is 18.9. The van der Waals surface area contributed by atoms with Gasteiger partial charge in [-0.3, -0.25) is 0 Å². The van der Waals surface area contributed by atoms with E-state index < -0.39 is 21.6 Å². The van der Waals surface area contributed by atoms with Gasteiger partial charge >= 0.3 is 21.1 Å². The Morgan fingerprint density at radius 2 is 0.824 bits per heavy atom. The summed E-state index contributed by atoms with van der Waals surface area (Å²) in [6.45, 7) is 0. The number of carboxylic acids is 2. The molecule has 0 aromatic rings. The maximum Gasteiger partial charge on any atom is 4.00 e. The van der Waals surface area contributed by atoms with Crippen LogP contribution in [0.3, 0.4) is 0 Å². The quantitative estimate of drug-likeness (QED) is 0.324. The fourth-order valence-corrected chi connectivity index (χ4v) is 0. The van der Waals surface area contributed by atoms with Crippen molar-refractivity contribution in [3.63, 3.8) is 0 Å². The molecule has 0 saturated heterocycles. The molecule has 0 bridgehead atoms. The number of halogens is 6. The van der Waals surface area contributed by atoms with Gasteiger partial charge in [0.15, 0.2) is 0 Å². The second kappa shape index (κ2) is 26.0. The first-order valence-corrected chi connectivity index (χ1v) is 4.01. The minimum absolute atomic E-state index is 0. The van der Waals surface area contributed by atoms with E-state index >= 15 is 0 Å². The summed E-state index contributed by atoms with van der Waals surface area (Å²) in [5.74, 6) is -2.92. The van der Waals surface area contributed by atoms with Gasteiger partial charge in [-0.2, -0.15) is 0 Å². The molecule has 0 saturated carbocycles. The fourth-order valence-electron chi connectivity index (χ4n) is 0. The van der Waals surface area contributed by atoms with Crippen LogP contribution in [0.5, 0.6) is 0 Å². The summed E-state index contributed by atoms with van der Waals surface area (Å²) in [7, 11) is 0. The van der Waals surface area contributed by atoms with E-state index in [2.05, 4.69) is 0 Å². The van der Waals surface area contributed by atoms with Gasteiger partial charge in [0.1, 0.15) is 9.67 Å². The summed E-state index contributed by atoms with van der Waals surface area (Å²) in [6, 6.07) is 0. The van der Waals surface area contributed by atoms with Crippen LogP contribution >= 0.6 is 46.4 Å². The second-order valence-corrected chi connectivity index (χ2v) is 3.43. The molecular formula is C4H8Cl6N2O4Pt. The Labute approximate surface area is 145 Å². The standard InChI is InChI=1S/2C2H2Cl2O2.2ClH.2H3N.Pt/c2*3-1(4)2(5)6;;;;;/h2*1H,(H,5,6);2*1H;2*1H3;/q;;;;;;+4/p-4. The summed E-state index contributed by atoms with van der Waals surface area (Å²) in [6.07, 6.45) is 0. The zero-order valence-electron chi connectivity index (χ0n) is 7.79. The van der Waals surface area contributed by atoms with Gasteiger partial charge in [0.05, 0.1) is 11.9 Å². The van der Waals surface area contributed by atoms with Crippen LogP contribution in [0.4, 0.5) is 0 Å². The molecule has 6 N–H and O–H groups in total. The van der Waals surface area contributed by atoms with E-state index in [9.17, 15) is 19.8 Å². The molecule has 0 aromatic heterocycles. The fraction of sp³-hybridized carbons (Fsp3) is 0.500. The van der Waals surface area contributed by atoms with Gasteiger partial charge in [0.2, 0.25) is 0 Å². The number of rotatable bonds is 2. The number of carbonyl (C=O) groups excluding carboxylic acids is 2. The minimum atomic E-state index is -1.46. The monoisotopic (exact) mass is 553 g/mol. The topological polar surface area (TPSA) is 150 Å². The largest absolute Gasteiger partial charge is 4.00 e. The van der Waals surface area contributed by atoms with Crippen LogP contribution < -0.4 is 47.3 Å². The van der Waals surface area contributed by atoms with Crippen molar-refractivity contribution >= 4 is 58.3 Å². The molecule has 0 aliphatic rings. The average Bonchev–Trinajstić information content (AvgIpc) is 1.88. The number of hydrogen-bond acceptors (Lipinski definition) is 6. The summed E-state index contributed by atoms with van der Waals surface area (Å²) in [4.78, 5) is 15.9. The van der Waals surface area contributed by atoms with Crippen molar-refractivity contribution in [2.45, 2.75) is 9.67 Å². The Morgan fingerprint density at radius 3 is 0.824 bits per heavy atom. The summed E-state index contributed by atoms with van der Waals surface area (Å²) in [5.41, 5.74) is 0. The predicted molar refractivity (Wildman–Crippen MR) is 51.0 cm³/mol. The van der Waals surface area contributed by atoms with E-state index in [1.807, 2.05) is 0 Å². The Bertz CT molecular complexity index is 156. The molecule has 0 fully saturated rings. The Morgan fingerprint density at radius 1 is 0.765 bits per heavy atom. The first-order chi connectivity index (χ1) is 5.29. The molecule has 0 aliphatic heterocycles. The summed E-state index contributed by atoms with van der Waals surface area (Å²) < 4.78 is 0. The van der Waals surface area contributed by atoms with Gasteiger partial charge < -0.3 is 56.9 Å². The molecular weight excluding hydrogens is 548 g/mol. The first-order valence-electron chi connectivity index (χ1n) is 2.27.